The molecule has 1 aliphatic rings. The highest BCUT2D eigenvalue weighted by Gasteiger charge is 2.16. The number of hydrogen-bond donors (Lipinski definition) is 1. The van der Waals surface area contributed by atoms with Crippen LogP contribution < -0.4 is 5.32 Å². The summed E-state index contributed by atoms with van der Waals surface area (Å²) in [5, 5.41) is 2.93. The van der Waals surface area contributed by atoms with Crippen LogP contribution in [0.5, 0.6) is 0 Å². The first-order chi connectivity index (χ1) is 7.76. The molecule has 0 bridgehead atoms. The Morgan fingerprint density at radius 2 is 2.38 bits per heavy atom. The minimum Gasteiger partial charge on any atom is -0.378 e. The third kappa shape index (κ3) is 5.17. The van der Waals surface area contributed by atoms with E-state index in [2.05, 4.69) is 5.32 Å². The summed E-state index contributed by atoms with van der Waals surface area (Å²) in [6.45, 7) is 2.88. The SMILES string of the molecule is CCC(CCl)NC(=O)CCC1CCCCO1. The molecule has 0 radical (unpaired) electrons. The van der Waals surface area contributed by atoms with Crippen molar-refractivity contribution in [2.45, 2.75) is 57.6 Å². The third-order valence-electron chi connectivity index (χ3n) is 3.01. The molecule has 1 heterocycles. The smallest absolute Gasteiger partial charge is 0.220 e. The largest absolute Gasteiger partial charge is 0.378 e. The molecular weight excluding hydrogens is 226 g/mol. The highest BCUT2D eigenvalue weighted by Crippen LogP contribution is 2.16. The predicted octanol–water partition coefficient (Wildman–Crippen LogP) is 2.47. The number of carbonyl (C=O) groups is 1. The van der Waals surface area contributed by atoms with E-state index in [9.17, 15) is 4.79 Å². The average Bonchev–Trinajstić information content (AvgIpc) is 2.34. The quantitative estimate of drug-likeness (QED) is 0.733. The summed E-state index contributed by atoms with van der Waals surface area (Å²) in [6, 6.07) is 0.112. The van der Waals surface area contributed by atoms with Crippen LogP contribution in [0.3, 0.4) is 0 Å². The maximum atomic E-state index is 11.6. The van der Waals surface area contributed by atoms with Crippen molar-refractivity contribution in [3.63, 3.8) is 0 Å². The summed E-state index contributed by atoms with van der Waals surface area (Å²) >= 11 is 5.72. The van der Waals surface area contributed by atoms with Crippen LogP contribution in [0.1, 0.15) is 45.4 Å². The monoisotopic (exact) mass is 247 g/mol. The van der Waals surface area contributed by atoms with Crippen LogP contribution in [-0.4, -0.2) is 30.5 Å². The molecule has 1 N–H and O–H groups in total. The highest BCUT2D eigenvalue weighted by molar-refractivity contribution is 6.18. The van der Waals surface area contributed by atoms with Crippen molar-refractivity contribution in [2.24, 2.45) is 0 Å². The van der Waals surface area contributed by atoms with Crippen molar-refractivity contribution in [2.75, 3.05) is 12.5 Å². The second-order valence-corrected chi connectivity index (χ2v) is 4.66. The Labute approximate surface area is 103 Å². The number of halogens is 1. The molecule has 16 heavy (non-hydrogen) atoms. The molecule has 0 aromatic heterocycles. The predicted molar refractivity (Wildman–Crippen MR) is 65.8 cm³/mol. The third-order valence-corrected chi connectivity index (χ3v) is 3.38. The van der Waals surface area contributed by atoms with Crippen LogP contribution >= 0.6 is 11.6 Å². The van der Waals surface area contributed by atoms with Crippen molar-refractivity contribution in [3.05, 3.63) is 0 Å². The Hall–Kier alpha value is -0.280. The van der Waals surface area contributed by atoms with Gasteiger partial charge in [-0.2, -0.15) is 0 Å². The van der Waals surface area contributed by atoms with Crippen LogP contribution in [0, 0.1) is 0 Å². The molecular formula is C12H22ClNO2. The molecule has 1 fully saturated rings. The van der Waals surface area contributed by atoms with Gasteiger partial charge in [0.25, 0.3) is 0 Å². The topological polar surface area (TPSA) is 38.3 Å². The van der Waals surface area contributed by atoms with Gasteiger partial charge in [-0.1, -0.05) is 6.92 Å². The molecule has 3 nitrogen and oxygen atoms in total. The Morgan fingerprint density at radius 3 is 2.94 bits per heavy atom. The zero-order chi connectivity index (χ0) is 11.8. The fourth-order valence-electron chi connectivity index (χ4n) is 1.88. The Morgan fingerprint density at radius 1 is 1.56 bits per heavy atom. The summed E-state index contributed by atoms with van der Waals surface area (Å²) in [6.07, 6.45) is 6.05. The molecule has 94 valence electrons. The summed E-state index contributed by atoms with van der Waals surface area (Å²) in [4.78, 5) is 11.6. The zero-order valence-corrected chi connectivity index (χ0v) is 10.8. The van der Waals surface area contributed by atoms with E-state index in [0.717, 1.165) is 32.3 Å². The summed E-state index contributed by atoms with van der Waals surface area (Å²) < 4.78 is 5.58. The van der Waals surface area contributed by atoms with Crippen molar-refractivity contribution in [3.8, 4) is 0 Å². The molecule has 1 saturated heterocycles. The number of ether oxygens (including phenoxy) is 1. The summed E-state index contributed by atoms with van der Waals surface area (Å²) in [5.41, 5.74) is 0. The van der Waals surface area contributed by atoms with Gasteiger partial charge in [0.05, 0.1) is 6.10 Å². The van der Waals surface area contributed by atoms with E-state index in [-0.39, 0.29) is 18.1 Å². The Balaban J connectivity index is 2.13. The van der Waals surface area contributed by atoms with Gasteiger partial charge < -0.3 is 10.1 Å². The number of carbonyl (C=O) groups excluding carboxylic acids is 1. The standard InChI is InChI=1S/C12H22ClNO2/c1-2-10(9-13)14-12(15)7-6-11-5-3-4-8-16-11/h10-11H,2-9H2,1H3,(H,14,15). The van der Waals surface area contributed by atoms with E-state index in [4.69, 9.17) is 16.3 Å². The number of hydrogen-bond acceptors (Lipinski definition) is 2. The van der Waals surface area contributed by atoms with E-state index in [1.165, 1.54) is 6.42 Å². The second kappa shape index (κ2) is 7.91. The number of rotatable bonds is 6. The Kier molecular flexibility index (Phi) is 6.81. The maximum Gasteiger partial charge on any atom is 0.220 e. The van der Waals surface area contributed by atoms with Gasteiger partial charge in [-0.15, -0.1) is 11.6 Å². The van der Waals surface area contributed by atoms with E-state index >= 15 is 0 Å². The molecule has 2 unspecified atom stereocenters. The molecule has 2 atom stereocenters. The van der Waals surface area contributed by atoms with Crippen LogP contribution in [0.25, 0.3) is 0 Å². The number of alkyl halides is 1. The second-order valence-electron chi connectivity index (χ2n) is 4.35. The first kappa shape index (κ1) is 13.8. The van der Waals surface area contributed by atoms with Gasteiger partial charge in [0.2, 0.25) is 5.91 Å². The van der Waals surface area contributed by atoms with E-state index in [1.807, 2.05) is 6.92 Å². The fraction of sp³-hybridized carbons (Fsp3) is 0.917. The van der Waals surface area contributed by atoms with Gasteiger partial charge in [-0.3, -0.25) is 4.79 Å². The lowest BCUT2D eigenvalue weighted by Crippen LogP contribution is -2.36. The molecule has 1 rings (SSSR count). The number of amides is 1. The minimum atomic E-state index is 0.0988. The first-order valence-corrected chi connectivity index (χ1v) is 6.76. The highest BCUT2D eigenvalue weighted by atomic mass is 35.5. The molecule has 0 spiro atoms. The normalized spacial score (nSPS) is 22.8. The van der Waals surface area contributed by atoms with Gasteiger partial charge in [0.15, 0.2) is 0 Å². The van der Waals surface area contributed by atoms with Crippen molar-refractivity contribution >= 4 is 17.5 Å². The van der Waals surface area contributed by atoms with Crippen LogP contribution in [0.4, 0.5) is 0 Å². The first-order valence-electron chi connectivity index (χ1n) is 6.23. The molecule has 0 aliphatic carbocycles. The van der Waals surface area contributed by atoms with Gasteiger partial charge in [0.1, 0.15) is 0 Å². The van der Waals surface area contributed by atoms with E-state index in [1.54, 1.807) is 0 Å². The minimum absolute atomic E-state index is 0.0988. The lowest BCUT2D eigenvalue weighted by molar-refractivity contribution is -0.122. The lowest BCUT2D eigenvalue weighted by atomic mass is 10.0. The molecule has 0 aromatic rings. The molecule has 0 aromatic carbocycles. The van der Waals surface area contributed by atoms with Crippen molar-refractivity contribution < 1.29 is 9.53 Å². The molecule has 1 amide bonds. The van der Waals surface area contributed by atoms with Crippen LogP contribution in [0.2, 0.25) is 0 Å². The Bertz CT molecular complexity index is 201. The van der Waals surface area contributed by atoms with Crippen LogP contribution in [-0.2, 0) is 9.53 Å². The lowest BCUT2D eigenvalue weighted by Gasteiger charge is -2.22. The zero-order valence-electron chi connectivity index (χ0n) is 10.0. The van der Waals surface area contributed by atoms with Gasteiger partial charge >= 0.3 is 0 Å². The van der Waals surface area contributed by atoms with E-state index < -0.39 is 0 Å². The fourth-order valence-corrected chi connectivity index (χ4v) is 2.17. The molecule has 0 saturated carbocycles. The molecule has 4 heteroatoms. The molecule has 1 aliphatic heterocycles. The van der Waals surface area contributed by atoms with E-state index in [0.29, 0.717) is 12.3 Å². The van der Waals surface area contributed by atoms with Crippen molar-refractivity contribution in [1.29, 1.82) is 0 Å². The van der Waals surface area contributed by atoms with Crippen LogP contribution in [0.15, 0.2) is 0 Å². The maximum absolute atomic E-state index is 11.6. The van der Waals surface area contributed by atoms with Gasteiger partial charge in [0, 0.05) is 24.9 Å². The number of nitrogens with one attached hydrogen (secondary N) is 1. The van der Waals surface area contributed by atoms with Gasteiger partial charge in [-0.05, 0) is 32.1 Å². The summed E-state index contributed by atoms with van der Waals surface area (Å²) in [5.74, 6) is 0.587. The average molecular weight is 248 g/mol. The van der Waals surface area contributed by atoms with Gasteiger partial charge in [-0.25, -0.2) is 0 Å². The van der Waals surface area contributed by atoms with Crippen molar-refractivity contribution in [1.82, 2.24) is 5.32 Å². The summed E-state index contributed by atoms with van der Waals surface area (Å²) in [7, 11) is 0.